The molecule has 1 atom stereocenters. The van der Waals surface area contributed by atoms with Crippen molar-refractivity contribution in [2.45, 2.75) is 70.6 Å². The molecule has 28 heavy (non-hydrogen) atoms. The second-order valence-corrected chi connectivity index (χ2v) is 9.02. The lowest BCUT2D eigenvalue weighted by molar-refractivity contribution is -0.672. The van der Waals surface area contributed by atoms with Crippen molar-refractivity contribution in [3.05, 3.63) is 65.7 Å². The van der Waals surface area contributed by atoms with E-state index in [1.54, 1.807) is 0 Å². The molecule has 3 nitrogen and oxygen atoms in total. The van der Waals surface area contributed by atoms with Gasteiger partial charge in [0, 0.05) is 24.0 Å². The van der Waals surface area contributed by atoms with Crippen molar-refractivity contribution >= 4 is 0 Å². The first kappa shape index (κ1) is 20.9. The molecule has 0 aromatic heterocycles. The van der Waals surface area contributed by atoms with Crippen LogP contribution in [0.1, 0.15) is 58.1 Å². The van der Waals surface area contributed by atoms with Gasteiger partial charge in [0.15, 0.2) is 0 Å². The van der Waals surface area contributed by atoms with Crippen LogP contribution in [-0.4, -0.2) is 24.9 Å². The number of hydrogen-bond donors (Lipinski definition) is 1. The molecule has 1 heterocycles. The number of benzene rings is 2. The van der Waals surface area contributed by atoms with Crippen molar-refractivity contribution < 1.29 is 14.8 Å². The van der Waals surface area contributed by atoms with Crippen LogP contribution in [0.5, 0.6) is 5.75 Å². The number of nitrogens with two attached hydrogens (primary N) is 1. The summed E-state index contributed by atoms with van der Waals surface area (Å²) in [5, 5.41) is 2.44. The highest BCUT2D eigenvalue weighted by atomic mass is 16.5. The SMILES string of the molecule is CC(C)Oc1ccc(C[NH2+]CC[C@@]2(c3ccccc3)CCOC(C)(C)C2)cc1. The van der Waals surface area contributed by atoms with E-state index < -0.39 is 0 Å². The van der Waals surface area contributed by atoms with Crippen LogP contribution >= 0.6 is 0 Å². The fourth-order valence-electron chi connectivity index (χ4n) is 4.50. The predicted octanol–water partition coefficient (Wildman–Crippen LogP) is 4.45. The molecule has 0 saturated carbocycles. The number of quaternary nitrogens is 1. The average Bonchev–Trinajstić information content (AvgIpc) is 2.66. The molecule has 1 aliphatic heterocycles. The summed E-state index contributed by atoms with van der Waals surface area (Å²) in [4.78, 5) is 0. The van der Waals surface area contributed by atoms with Gasteiger partial charge in [0.05, 0.1) is 18.2 Å². The summed E-state index contributed by atoms with van der Waals surface area (Å²) in [6, 6.07) is 19.6. The zero-order valence-electron chi connectivity index (χ0n) is 17.9. The Balaban J connectivity index is 1.59. The lowest BCUT2D eigenvalue weighted by atomic mass is 9.67. The molecule has 1 aliphatic rings. The van der Waals surface area contributed by atoms with E-state index in [9.17, 15) is 0 Å². The van der Waals surface area contributed by atoms with E-state index in [0.29, 0.717) is 0 Å². The Morgan fingerprint density at radius 1 is 1.04 bits per heavy atom. The van der Waals surface area contributed by atoms with Crippen LogP contribution in [0.2, 0.25) is 0 Å². The van der Waals surface area contributed by atoms with E-state index in [1.165, 1.54) is 17.5 Å². The molecule has 2 aromatic rings. The van der Waals surface area contributed by atoms with E-state index in [4.69, 9.17) is 9.47 Å². The van der Waals surface area contributed by atoms with Crippen molar-refractivity contribution in [1.29, 1.82) is 0 Å². The van der Waals surface area contributed by atoms with Gasteiger partial charge in [-0.05, 0) is 70.4 Å². The Kier molecular flexibility index (Phi) is 6.79. The lowest BCUT2D eigenvalue weighted by Gasteiger charge is -2.45. The quantitative estimate of drug-likeness (QED) is 0.685. The van der Waals surface area contributed by atoms with E-state index >= 15 is 0 Å². The molecule has 2 aromatic carbocycles. The fourth-order valence-corrected chi connectivity index (χ4v) is 4.50. The molecule has 3 rings (SSSR count). The number of hydrogen-bond acceptors (Lipinski definition) is 2. The van der Waals surface area contributed by atoms with Gasteiger partial charge in [0.2, 0.25) is 0 Å². The maximum absolute atomic E-state index is 6.03. The zero-order valence-corrected chi connectivity index (χ0v) is 17.9. The molecule has 2 N–H and O–H groups in total. The predicted molar refractivity (Wildman–Crippen MR) is 115 cm³/mol. The molecule has 3 heteroatoms. The van der Waals surface area contributed by atoms with Gasteiger partial charge in [-0.2, -0.15) is 0 Å². The highest BCUT2D eigenvalue weighted by Gasteiger charge is 2.42. The van der Waals surface area contributed by atoms with E-state index in [2.05, 4.69) is 87.6 Å². The Morgan fingerprint density at radius 2 is 1.75 bits per heavy atom. The van der Waals surface area contributed by atoms with Crippen molar-refractivity contribution in [2.75, 3.05) is 13.2 Å². The average molecular weight is 383 g/mol. The van der Waals surface area contributed by atoms with E-state index in [1.807, 2.05) is 0 Å². The molecule has 1 saturated heterocycles. The summed E-state index contributed by atoms with van der Waals surface area (Å²) in [5.74, 6) is 0.950. The van der Waals surface area contributed by atoms with Gasteiger partial charge < -0.3 is 14.8 Å². The topological polar surface area (TPSA) is 35.1 Å². The van der Waals surface area contributed by atoms with Crippen LogP contribution < -0.4 is 10.1 Å². The molecule has 0 spiro atoms. The molecule has 0 radical (unpaired) electrons. The van der Waals surface area contributed by atoms with Crippen LogP contribution in [0, 0.1) is 0 Å². The molecule has 0 unspecified atom stereocenters. The molecule has 0 bridgehead atoms. The molecule has 0 aliphatic carbocycles. The van der Waals surface area contributed by atoms with Crippen LogP contribution in [0.25, 0.3) is 0 Å². The standard InChI is InChI=1S/C25H35NO2/c1-20(2)28-23-12-10-21(11-13-23)18-26-16-14-25(22-8-6-5-7-9-22)15-17-27-24(3,4)19-25/h5-13,20,26H,14-19H2,1-4H3/p+1/t25-/m1/s1. The van der Waals surface area contributed by atoms with Gasteiger partial charge in [0.1, 0.15) is 12.3 Å². The van der Waals surface area contributed by atoms with Gasteiger partial charge in [-0.3, -0.25) is 0 Å². The molecule has 152 valence electrons. The first-order valence-electron chi connectivity index (χ1n) is 10.7. The Bertz CT molecular complexity index is 724. The lowest BCUT2D eigenvalue weighted by Crippen LogP contribution is -2.83. The second-order valence-electron chi connectivity index (χ2n) is 9.02. The first-order chi connectivity index (χ1) is 13.4. The third-order valence-corrected chi connectivity index (χ3v) is 5.73. The van der Waals surface area contributed by atoms with Gasteiger partial charge in [-0.25, -0.2) is 0 Å². The van der Waals surface area contributed by atoms with E-state index in [0.717, 1.165) is 38.3 Å². The van der Waals surface area contributed by atoms with Crippen molar-refractivity contribution in [3.63, 3.8) is 0 Å². The Morgan fingerprint density at radius 3 is 2.39 bits per heavy atom. The summed E-state index contributed by atoms with van der Waals surface area (Å²) in [6.07, 6.45) is 3.59. The number of ether oxygens (including phenoxy) is 2. The third kappa shape index (κ3) is 5.59. The summed E-state index contributed by atoms with van der Waals surface area (Å²) < 4.78 is 11.8. The molecule has 0 amide bonds. The third-order valence-electron chi connectivity index (χ3n) is 5.73. The fraction of sp³-hybridized carbons (Fsp3) is 0.520. The van der Waals surface area contributed by atoms with Crippen molar-refractivity contribution in [1.82, 2.24) is 0 Å². The van der Waals surface area contributed by atoms with Gasteiger partial charge in [0.25, 0.3) is 0 Å². The first-order valence-corrected chi connectivity index (χ1v) is 10.7. The zero-order chi connectivity index (χ0) is 20.0. The van der Waals surface area contributed by atoms with Gasteiger partial charge in [-0.15, -0.1) is 0 Å². The van der Waals surface area contributed by atoms with Gasteiger partial charge in [-0.1, -0.05) is 30.3 Å². The molecular weight excluding hydrogens is 346 g/mol. The van der Waals surface area contributed by atoms with Crippen molar-refractivity contribution in [2.24, 2.45) is 0 Å². The smallest absolute Gasteiger partial charge is 0.119 e. The maximum Gasteiger partial charge on any atom is 0.119 e. The summed E-state index contributed by atoms with van der Waals surface area (Å²) in [5.41, 5.74) is 2.97. The van der Waals surface area contributed by atoms with Crippen LogP contribution in [0.15, 0.2) is 54.6 Å². The largest absolute Gasteiger partial charge is 0.491 e. The van der Waals surface area contributed by atoms with Gasteiger partial charge >= 0.3 is 0 Å². The second kappa shape index (κ2) is 9.11. The minimum absolute atomic E-state index is 0.0552. The summed E-state index contributed by atoms with van der Waals surface area (Å²) >= 11 is 0. The maximum atomic E-state index is 6.03. The van der Waals surface area contributed by atoms with Crippen LogP contribution in [0.3, 0.4) is 0 Å². The van der Waals surface area contributed by atoms with Crippen molar-refractivity contribution in [3.8, 4) is 5.75 Å². The molecular formula is C25H36NO2+. The highest BCUT2D eigenvalue weighted by Crippen LogP contribution is 2.43. The monoisotopic (exact) mass is 382 g/mol. The number of rotatable bonds is 8. The minimum atomic E-state index is -0.0552. The molecule has 1 fully saturated rings. The summed E-state index contributed by atoms with van der Waals surface area (Å²) in [7, 11) is 0. The normalized spacial score (nSPS) is 21.6. The highest BCUT2D eigenvalue weighted by molar-refractivity contribution is 5.28. The minimum Gasteiger partial charge on any atom is -0.491 e. The van der Waals surface area contributed by atoms with Crippen LogP contribution in [0.4, 0.5) is 0 Å². The summed E-state index contributed by atoms with van der Waals surface area (Å²) in [6.45, 7) is 11.5. The Labute approximate surface area is 170 Å². The van der Waals surface area contributed by atoms with E-state index in [-0.39, 0.29) is 17.1 Å². The van der Waals surface area contributed by atoms with Crippen LogP contribution in [-0.2, 0) is 16.7 Å². The Hall–Kier alpha value is -1.84.